The van der Waals surface area contributed by atoms with Crippen molar-refractivity contribution in [2.45, 2.75) is 44.8 Å². The van der Waals surface area contributed by atoms with Crippen LogP contribution in [-0.4, -0.2) is 120 Å². The molecule has 54 heavy (non-hydrogen) atoms. The molecule has 280 valence electrons. The molecule has 1 aromatic heterocycles. The number of fused-ring (bicyclic) bond motifs is 1. The smallest absolute Gasteiger partial charge is 0.322 e. The van der Waals surface area contributed by atoms with Gasteiger partial charge in [0.2, 0.25) is 23.4 Å². The van der Waals surface area contributed by atoms with E-state index in [1.54, 1.807) is 42.6 Å². The maximum atomic E-state index is 13.2. The number of amides is 6. The maximum Gasteiger partial charge on any atom is 0.322 e. The minimum atomic E-state index is -0.992. The number of halogens is 1. The van der Waals surface area contributed by atoms with Crippen LogP contribution in [0.4, 0.5) is 27.5 Å². The number of hydrogen-bond donors (Lipinski definition) is 2. The van der Waals surface area contributed by atoms with Crippen LogP contribution in [0.2, 0.25) is 5.02 Å². The third-order valence-electron chi connectivity index (χ3n) is 10.4. The molecule has 3 fully saturated rings. The number of carbonyl (C=O) groups is 5. The molecule has 3 atom stereocenters. The van der Waals surface area contributed by atoms with Crippen LogP contribution in [0.25, 0.3) is 4.85 Å². The first-order chi connectivity index (χ1) is 26.0. The highest BCUT2D eigenvalue weighted by molar-refractivity contribution is 6.33. The molecule has 7 rings (SSSR count). The molecule has 4 aliphatic heterocycles. The van der Waals surface area contributed by atoms with Crippen molar-refractivity contribution in [1.82, 2.24) is 25.0 Å². The zero-order valence-electron chi connectivity index (χ0n) is 30.0. The number of piperidine rings is 1. The predicted molar refractivity (Wildman–Crippen MR) is 201 cm³/mol. The van der Waals surface area contributed by atoms with Crippen LogP contribution in [0, 0.1) is 6.57 Å². The van der Waals surface area contributed by atoms with Crippen LogP contribution in [0.15, 0.2) is 54.7 Å². The summed E-state index contributed by atoms with van der Waals surface area (Å²) in [6.45, 7) is 16.5. The van der Waals surface area contributed by atoms with Gasteiger partial charge in [-0.3, -0.25) is 34.3 Å². The Kier molecular flexibility index (Phi) is 10.4. The second-order valence-corrected chi connectivity index (χ2v) is 14.3. The van der Waals surface area contributed by atoms with E-state index in [4.69, 9.17) is 22.9 Å². The molecular formula is C38H40ClN9O6. The first kappa shape index (κ1) is 36.6. The van der Waals surface area contributed by atoms with E-state index in [1.165, 1.54) is 0 Å². The minimum Gasteiger partial charge on any atom is -0.476 e. The number of nitrogens with one attached hydrogen (secondary N) is 2. The largest absolute Gasteiger partial charge is 0.476 e. The molecule has 6 amide bonds. The summed E-state index contributed by atoms with van der Waals surface area (Å²) in [5, 5.41) is 5.59. The highest BCUT2D eigenvalue weighted by atomic mass is 35.5. The molecule has 16 heteroatoms. The third kappa shape index (κ3) is 7.39. The number of carbonyl (C=O) groups excluding carboxylic acids is 5. The van der Waals surface area contributed by atoms with E-state index in [0.29, 0.717) is 61.6 Å². The lowest BCUT2D eigenvalue weighted by Gasteiger charge is -2.45. The van der Waals surface area contributed by atoms with Gasteiger partial charge in [0.05, 0.1) is 29.6 Å². The summed E-state index contributed by atoms with van der Waals surface area (Å²) < 4.78 is 5.91. The highest BCUT2D eigenvalue weighted by Crippen LogP contribution is 2.33. The van der Waals surface area contributed by atoms with Crippen LogP contribution in [0.1, 0.15) is 47.4 Å². The standard InChI is InChI=1S/C38H40ClN9O6/c1-23-22-47(24(2)21-46(23)27-6-8-31(40-3)30(39)19-27)38(53)42-25-4-11-34(41-20-25)54-17-16-44-12-14-45(15-13-44)26-5-7-28-29(18-26)37(52)48(36(28)51)32-9-10-33(49)43-35(32)50/h4-8,11,18-20,23-24,32H,9-10,12-17,21-22H2,1-2H3,(H,42,53)(H,43,49,50)/t23-,24+,32?/m0/s1. The van der Waals surface area contributed by atoms with Crippen molar-refractivity contribution in [1.29, 1.82) is 0 Å². The molecule has 2 aromatic carbocycles. The van der Waals surface area contributed by atoms with Gasteiger partial charge in [0.1, 0.15) is 12.6 Å². The van der Waals surface area contributed by atoms with Gasteiger partial charge in [-0.1, -0.05) is 17.7 Å². The maximum absolute atomic E-state index is 13.2. The van der Waals surface area contributed by atoms with Gasteiger partial charge in [0.15, 0.2) is 0 Å². The first-order valence-electron chi connectivity index (χ1n) is 17.9. The average molecular weight is 754 g/mol. The lowest BCUT2D eigenvalue weighted by molar-refractivity contribution is -0.136. The molecule has 3 aromatic rings. The van der Waals surface area contributed by atoms with Crippen molar-refractivity contribution in [2.75, 3.05) is 67.5 Å². The number of imide groups is 2. The number of ether oxygens (including phenoxy) is 1. The third-order valence-corrected chi connectivity index (χ3v) is 10.7. The van der Waals surface area contributed by atoms with Gasteiger partial charge in [-0.05, 0) is 56.7 Å². The molecule has 0 saturated carbocycles. The van der Waals surface area contributed by atoms with Gasteiger partial charge in [-0.2, -0.15) is 0 Å². The lowest BCUT2D eigenvalue weighted by Crippen LogP contribution is -2.59. The highest BCUT2D eigenvalue weighted by Gasteiger charge is 2.45. The van der Waals surface area contributed by atoms with Gasteiger partial charge in [0, 0.05) is 86.8 Å². The number of hydrogen-bond acceptors (Lipinski definition) is 10. The number of benzene rings is 2. The van der Waals surface area contributed by atoms with Crippen LogP contribution in [-0.2, 0) is 9.59 Å². The van der Waals surface area contributed by atoms with Gasteiger partial charge in [-0.25, -0.2) is 14.6 Å². The van der Waals surface area contributed by atoms with Crippen LogP contribution in [0.3, 0.4) is 0 Å². The monoisotopic (exact) mass is 753 g/mol. The molecule has 5 heterocycles. The number of urea groups is 1. The molecule has 0 radical (unpaired) electrons. The van der Waals surface area contributed by atoms with E-state index < -0.39 is 29.7 Å². The van der Waals surface area contributed by atoms with Crippen molar-refractivity contribution in [2.24, 2.45) is 0 Å². The predicted octanol–water partition coefficient (Wildman–Crippen LogP) is 4.02. The van der Waals surface area contributed by atoms with E-state index >= 15 is 0 Å². The van der Waals surface area contributed by atoms with E-state index in [1.807, 2.05) is 24.0 Å². The average Bonchev–Trinajstić information content (AvgIpc) is 3.41. The van der Waals surface area contributed by atoms with Crippen molar-refractivity contribution in [3.8, 4) is 5.88 Å². The summed E-state index contributed by atoms with van der Waals surface area (Å²) >= 11 is 6.28. The summed E-state index contributed by atoms with van der Waals surface area (Å²) in [5.74, 6) is -1.61. The Labute approximate surface area is 317 Å². The summed E-state index contributed by atoms with van der Waals surface area (Å²) in [6.07, 6.45) is 1.77. The van der Waals surface area contributed by atoms with E-state index in [-0.39, 0.29) is 42.1 Å². The van der Waals surface area contributed by atoms with Gasteiger partial charge in [0.25, 0.3) is 11.8 Å². The summed E-state index contributed by atoms with van der Waals surface area (Å²) in [4.78, 5) is 80.7. The fourth-order valence-electron chi connectivity index (χ4n) is 7.43. The van der Waals surface area contributed by atoms with Crippen LogP contribution < -0.4 is 25.2 Å². The number of rotatable bonds is 8. The zero-order chi connectivity index (χ0) is 38.1. The Hall–Kier alpha value is -5.72. The Bertz CT molecular complexity index is 2030. The fourth-order valence-corrected chi connectivity index (χ4v) is 7.65. The number of aromatic nitrogens is 1. The molecule has 4 aliphatic rings. The molecular weight excluding hydrogens is 714 g/mol. The molecule has 3 saturated heterocycles. The first-order valence-corrected chi connectivity index (χ1v) is 18.3. The zero-order valence-corrected chi connectivity index (χ0v) is 30.7. The van der Waals surface area contributed by atoms with Gasteiger partial charge in [-0.15, -0.1) is 0 Å². The van der Waals surface area contributed by atoms with Crippen LogP contribution in [0.5, 0.6) is 5.88 Å². The molecule has 0 bridgehead atoms. The van der Waals surface area contributed by atoms with Crippen molar-refractivity contribution in [3.05, 3.63) is 82.3 Å². The van der Waals surface area contributed by atoms with E-state index in [2.05, 4.69) is 42.1 Å². The number of anilines is 3. The summed E-state index contributed by atoms with van der Waals surface area (Å²) in [5.41, 5.74) is 3.26. The molecule has 1 unspecified atom stereocenters. The summed E-state index contributed by atoms with van der Waals surface area (Å²) in [7, 11) is 0. The van der Waals surface area contributed by atoms with E-state index in [0.717, 1.165) is 29.4 Å². The number of pyridine rings is 1. The van der Waals surface area contributed by atoms with Gasteiger partial charge < -0.3 is 24.8 Å². The van der Waals surface area contributed by atoms with Crippen molar-refractivity contribution < 1.29 is 28.7 Å². The number of piperazine rings is 2. The fraction of sp³-hybridized carbons (Fsp3) is 0.395. The second kappa shape index (κ2) is 15.3. The van der Waals surface area contributed by atoms with Crippen molar-refractivity contribution in [3.63, 3.8) is 0 Å². The topological polar surface area (TPSA) is 152 Å². The van der Waals surface area contributed by atoms with Crippen molar-refractivity contribution >= 4 is 64.0 Å². The van der Waals surface area contributed by atoms with Crippen LogP contribution >= 0.6 is 11.6 Å². The Morgan fingerprint density at radius 1 is 0.963 bits per heavy atom. The normalized spacial score (nSPS) is 21.9. The van der Waals surface area contributed by atoms with E-state index in [9.17, 15) is 24.0 Å². The summed E-state index contributed by atoms with van der Waals surface area (Å²) in [6, 6.07) is 12.9. The molecule has 0 spiro atoms. The molecule has 15 nitrogen and oxygen atoms in total. The number of nitrogens with zero attached hydrogens (tertiary/aromatic N) is 7. The second-order valence-electron chi connectivity index (χ2n) is 13.9. The quantitative estimate of drug-likeness (QED) is 0.255. The Morgan fingerprint density at radius 3 is 2.43 bits per heavy atom. The SMILES string of the molecule is [C-]#[N+]c1ccc(N2C[C@@H](C)N(C(=O)Nc3ccc(OCCN4CCN(c5ccc6c(c5)C(=O)N(C5CCC(=O)NC5=O)C6=O)CC4)nc3)C[C@@H]2C)cc1Cl. The van der Waals surface area contributed by atoms with Gasteiger partial charge >= 0.3 is 6.03 Å². The Morgan fingerprint density at radius 2 is 1.72 bits per heavy atom. The molecule has 2 N–H and O–H groups in total. The minimum absolute atomic E-state index is 0.0373. The lowest BCUT2D eigenvalue weighted by atomic mass is 10.0. The molecule has 0 aliphatic carbocycles. The Balaban J connectivity index is 0.849.